The summed E-state index contributed by atoms with van der Waals surface area (Å²) in [7, 11) is 0. The lowest BCUT2D eigenvalue weighted by Gasteiger charge is -1.93. The summed E-state index contributed by atoms with van der Waals surface area (Å²) in [6.45, 7) is 1.10. The van der Waals surface area contributed by atoms with Crippen molar-refractivity contribution in [2.24, 2.45) is 5.73 Å². The number of hydrazine groups is 1. The highest BCUT2D eigenvalue weighted by Gasteiger charge is 1.70. The molecule has 6 heavy (non-hydrogen) atoms. The summed E-state index contributed by atoms with van der Waals surface area (Å²) in [5.74, 6) is 0. The normalized spacial score (nSPS) is 9.00. The molecule has 0 saturated heterocycles. The molecule has 0 aromatic heterocycles. The molecular formula is C2H9N3O. The summed E-state index contributed by atoms with van der Waals surface area (Å²) >= 11 is 0. The van der Waals surface area contributed by atoms with Crippen LogP contribution in [0.5, 0.6) is 0 Å². The smallest absolute Gasteiger partial charge is 0.0245 e. The number of hydrogen-bond donors (Lipinski definition) is 4. The molecule has 38 valence electrons. The average Bonchev–Trinajstić information content (AvgIpc) is 1.61. The lowest BCUT2D eigenvalue weighted by atomic mass is 10.7. The molecule has 0 bridgehead atoms. The first-order chi connectivity index (χ1) is 2.91. The molecule has 0 aromatic rings. The Bertz CT molecular complexity index is 20.8. The Morgan fingerprint density at radius 3 is 2.50 bits per heavy atom. The van der Waals surface area contributed by atoms with Crippen LogP contribution in [-0.2, 0) is 0 Å². The molecule has 0 unspecified atom stereocenters. The Labute approximate surface area is 36.3 Å². The van der Waals surface area contributed by atoms with Gasteiger partial charge in [-0.25, -0.2) is 5.43 Å². The van der Waals surface area contributed by atoms with Crippen molar-refractivity contribution in [2.45, 2.75) is 0 Å². The zero-order valence-corrected chi connectivity index (χ0v) is 3.44. The molecule has 0 radical (unpaired) electrons. The zero-order valence-electron chi connectivity index (χ0n) is 3.44. The minimum absolute atomic E-state index is 0.521. The Kier molecular flexibility index (Phi) is 4.71. The molecule has 0 aliphatic carbocycles. The van der Waals surface area contributed by atoms with Gasteiger partial charge in [0.2, 0.25) is 0 Å². The van der Waals surface area contributed by atoms with Gasteiger partial charge < -0.3 is 10.9 Å². The summed E-state index contributed by atoms with van der Waals surface area (Å²) in [6.07, 6.45) is 0. The van der Waals surface area contributed by atoms with Gasteiger partial charge in [0.25, 0.3) is 0 Å². The maximum absolute atomic E-state index is 7.78. The molecule has 4 nitrogen and oxygen atoms in total. The molecule has 0 spiro atoms. The van der Waals surface area contributed by atoms with Gasteiger partial charge in [-0.05, 0) is 0 Å². The second-order valence-corrected chi connectivity index (χ2v) is 0.827. The van der Waals surface area contributed by atoms with Crippen LogP contribution in [0, 0.1) is 0 Å². The van der Waals surface area contributed by atoms with E-state index in [4.69, 9.17) is 10.9 Å². The summed E-state index contributed by atoms with van der Waals surface area (Å²) < 4.78 is 0. The highest BCUT2D eigenvalue weighted by Crippen LogP contribution is 1.37. The fourth-order valence-corrected chi connectivity index (χ4v) is 0.128. The molecule has 0 aromatic carbocycles. The Hall–Kier alpha value is -0.160. The van der Waals surface area contributed by atoms with E-state index in [0.29, 0.717) is 13.1 Å². The number of rotatable bonds is 3. The fraction of sp³-hybridized carbons (Fsp3) is 1.00. The van der Waals surface area contributed by atoms with Gasteiger partial charge in [0.1, 0.15) is 0 Å². The Morgan fingerprint density at radius 1 is 1.67 bits per heavy atom. The van der Waals surface area contributed by atoms with Crippen LogP contribution >= 0.6 is 0 Å². The van der Waals surface area contributed by atoms with Crippen LogP contribution < -0.4 is 16.7 Å². The predicted octanol–water partition coefficient (Wildman–Crippen LogP) is -1.57. The van der Waals surface area contributed by atoms with Gasteiger partial charge in [-0.15, -0.1) is 5.59 Å². The predicted molar refractivity (Wildman–Crippen MR) is 22.0 cm³/mol. The van der Waals surface area contributed by atoms with Crippen LogP contribution in [0.15, 0.2) is 0 Å². The molecular weight excluding hydrogens is 82.0 g/mol. The Morgan fingerprint density at radius 2 is 2.33 bits per heavy atom. The van der Waals surface area contributed by atoms with E-state index in [-0.39, 0.29) is 0 Å². The Balaban J connectivity index is 2.34. The van der Waals surface area contributed by atoms with E-state index in [2.05, 4.69) is 5.43 Å². The van der Waals surface area contributed by atoms with Crippen molar-refractivity contribution >= 4 is 0 Å². The first-order valence-corrected chi connectivity index (χ1v) is 1.74. The third-order valence-electron chi connectivity index (χ3n) is 0.348. The molecule has 0 atom stereocenters. The van der Waals surface area contributed by atoms with Crippen molar-refractivity contribution in [1.29, 1.82) is 0 Å². The van der Waals surface area contributed by atoms with Gasteiger partial charge in [0.15, 0.2) is 0 Å². The van der Waals surface area contributed by atoms with Crippen molar-refractivity contribution in [3.05, 3.63) is 0 Å². The topological polar surface area (TPSA) is 70.3 Å². The zero-order chi connectivity index (χ0) is 4.83. The number of nitrogens with one attached hydrogen (secondary N) is 2. The van der Waals surface area contributed by atoms with Crippen molar-refractivity contribution in [1.82, 2.24) is 11.0 Å². The third-order valence-corrected chi connectivity index (χ3v) is 0.348. The van der Waals surface area contributed by atoms with E-state index >= 15 is 0 Å². The van der Waals surface area contributed by atoms with Crippen LogP contribution in [0.4, 0.5) is 0 Å². The minimum atomic E-state index is 0.521. The molecule has 0 heterocycles. The largest absolute Gasteiger partial charge is 0.329 e. The monoisotopic (exact) mass is 91.1 g/mol. The van der Waals surface area contributed by atoms with Gasteiger partial charge >= 0.3 is 0 Å². The standard InChI is InChI=1S/C2H9N3O/c3-1-2-4-5-6/h4-6H,1-3H2. The van der Waals surface area contributed by atoms with Crippen molar-refractivity contribution in [2.75, 3.05) is 13.1 Å². The molecule has 4 heteroatoms. The highest BCUT2D eigenvalue weighted by molar-refractivity contribution is 4.31. The maximum Gasteiger partial charge on any atom is 0.0245 e. The summed E-state index contributed by atoms with van der Waals surface area (Å²) in [6, 6.07) is 0. The van der Waals surface area contributed by atoms with Crippen molar-refractivity contribution < 1.29 is 5.21 Å². The van der Waals surface area contributed by atoms with E-state index in [1.807, 2.05) is 0 Å². The van der Waals surface area contributed by atoms with Gasteiger partial charge in [-0.1, -0.05) is 0 Å². The van der Waals surface area contributed by atoms with Gasteiger partial charge in [0, 0.05) is 13.1 Å². The summed E-state index contributed by atoms with van der Waals surface area (Å²) in [5, 5.41) is 7.78. The molecule has 0 fully saturated rings. The lowest BCUT2D eigenvalue weighted by Crippen LogP contribution is -2.32. The number of hydrogen-bond acceptors (Lipinski definition) is 4. The minimum Gasteiger partial charge on any atom is -0.329 e. The van der Waals surface area contributed by atoms with E-state index in [0.717, 1.165) is 0 Å². The quantitative estimate of drug-likeness (QED) is 0.250. The van der Waals surface area contributed by atoms with Gasteiger partial charge in [-0.2, -0.15) is 0 Å². The summed E-state index contributed by atoms with van der Waals surface area (Å²) in [4.78, 5) is 0. The van der Waals surface area contributed by atoms with Crippen LogP contribution in [0.25, 0.3) is 0 Å². The molecule has 0 saturated carbocycles. The second-order valence-electron chi connectivity index (χ2n) is 0.827. The fourth-order valence-electron chi connectivity index (χ4n) is 0.128. The van der Waals surface area contributed by atoms with E-state index in [1.165, 1.54) is 0 Å². The first-order valence-electron chi connectivity index (χ1n) is 1.74. The molecule has 0 aliphatic rings. The maximum atomic E-state index is 7.78. The molecule has 0 rings (SSSR count). The third kappa shape index (κ3) is 3.84. The van der Waals surface area contributed by atoms with Crippen LogP contribution in [0.1, 0.15) is 0 Å². The van der Waals surface area contributed by atoms with Gasteiger partial charge in [-0.3, -0.25) is 0 Å². The number of nitrogens with two attached hydrogens (primary N) is 1. The first kappa shape index (κ1) is 5.84. The lowest BCUT2D eigenvalue weighted by molar-refractivity contribution is 0.122. The van der Waals surface area contributed by atoms with Crippen LogP contribution in [0.2, 0.25) is 0 Å². The van der Waals surface area contributed by atoms with E-state index in [1.54, 1.807) is 5.59 Å². The summed E-state index contributed by atoms with van der Waals surface area (Å²) in [5.41, 5.74) is 9.12. The van der Waals surface area contributed by atoms with E-state index < -0.39 is 0 Å². The van der Waals surface area contributed by atoms with Crippen molar-refractivity contribution in [3.8, 4) is 0 Å². The molecule has 0 amide bonds. The molecule has 5 N–H and O–H groups in total. The van der Waals surface area contributed by atoms with Crippen LogP contribution in [-0.4, -0.2) is 18.3 Å². The second kappa shape index (κ2) is 4.84. The average molecular weight is 91.1 g/mol. The van der Waals surface area contributed by atoms with E-state index in [9.17, 15) is 0 Å². The van der Waals surface area contributed by atoms with Crippen molar-refractivity contribution in [3.63, 3.8) is 0 Å². The highest BCUT2D eigenvalue weighted by atomic mass is 16.5. The SMILES string of the molecule is NCCNNO. The van der Waals surface area contributed by atoms with Crippen LogP contribution in [0.3, 0.4) is 0 Å². The molecule has 0 aliphatic heterocycles. The van der Waals surface area contributed by atoms with Gasteiger partial charge in [0.05, 0.1) is 0 Å².